The smallest absolute Gasteiger partial charge is 0.264 e. The summed E-state index contributed by atoms with van der Waals surface area (Å²) in [6.07, 6.45) is 1.03. The fourth-order valence-electron chi connectivity index (χ4n) is 0.989. The monoisotopic (exact) mass is 223 g/mol. The summed E-state index contributed by atoms with van der Waals surface area (Å²) >= 11 is 0. The molecule has 0 aromatic rings. The zero-order valence-corrected chi connectivity index (χ0v) is 10.4. The van der Waals surface area contributed by atoms with Gasteiger partial charge in [0.15, 0.2) is 0 Å². The van der Waals surface area contributed by atoms with Crippen LogP contribution in [0.3, 0.4) is 0 Å². The van der Waals surface area contributed by atoms with E-state index in [1.165, 1.54) is 0 Å². The van der Waals surface area contributed by atoms with Gasteiger partial charge in [0.1, 0.15) is 0 Å². The van der Waals surface area contributed by atoms with Crippen LogP contribution in [0.15, 0.2) is 0 Å². The minimum absolute atomic E-state index is 0.0528. The Morgan fingerprint density at radius 2 is 1.79 bits per heavy atom. The van der Waals surface area contributed by atoms with Gasteiger partial charge in [-0.3, -0.25) is 4.18 Å². The molecule has 0 saturated carbocycles. The lowest BCUT2D eigenvalue weighted by Crippen LogP contribution is -2.40. The van der Waals surface area contributed by atoms with Crippen molar-refractivity contribution >= 4 is 10.1 Å². The highest BCUT2D eigenvalue weighted by molar-refractivity contribution is 7.85. The molecule has 0 bridgehead atoms. The molecule has 0 radical (unpaired) electrons. The van der Waals surface area contributed by atoms with E-state index in [0.717, 1.165) is 6.26 Å². The van der Waals surface area contributed by atoms with Gasteiger partial charge in [-0.15, -0.1) is 0 Å². The molecule has 4 nitrogen and oxygen atoms in total. The van der Waals surface area contributed by atoms with Crippen LogP contribution in [-0.4, -0.2) is 27.3 Å². The second kappa shape index (κ2) is 4.59. The van der Waals surface area contributed by atoms with Crippen LogP contribution in [0, 0.1) is 11.3 Å². The zero-order chi connectivity index (χ0) is 11.6. The molecule has 86 valence electrons. The second-order valence-corrected chi connectivity index (χ2v) is 6.45. The van der Waals surface area contributed by atoms with Gasteiger partial charge in [0, 0.05) is 6.04 Å². The Kier molecular flexibility index (Phi) is 4.55. The third kappa shape index (κ3) is 5.57. The van der Waals surface area contributed by atoms with Gasteiger partial charge in [0.05, 0.1) is 12.9 Å². The first-order valence-corrected chi connectivity index (χ1v) is 6.45. The first kappa shape index (κ1) is 13.9. The standard InChI is InChI=1S/C9H21NO3S/c1-7(9(2,3)4)8(10)6-13-14(5,11)12/h7-8H,6,10H2,1-5H3/t7-,8-/m0/s1. The number of hydrogen-bond acceptors (Lipinski definition) is 4. The molecule has 0 spiro atoms. The van der Waals surface area contributed by atoms with Crippen molar-refractivity contribution in [3.8, 4) is 0 Å². The summed E-state index contributed by atoms with van der Waals surface area (Å²) in [6, 6.07) is -0.260. The largest absolute Gasteiger partial charge is 0.325 e. The Morgan fingerprint density at radius 3 is 2.07 bits per heavy atom. The molecule has 0 aromatic heterocycles. The predicted molar refractivity (Wildman–Crippen MR) is 57.4 cm³/mol. The topological polar surface area (TPSA) is 69.4 Å². The maximum Gasteiger partial charge on any atom is 0.264 e. The van der Waals surface area contributed by atoms with Crippen LogP contribution in [0.2, 0.25) is 0 Å². The van der Waals surface area contributed by atoms with Crippen molar-refractivity contribution in [3.05, 3.63) is 0 Å². The van der Waals surface area contributed by atoms with E-state index in [4.69, 9.17) is 5.73 Å². The minimum Gasteiger partial charge on any atom is -0.325 e. The Balaban J connectivity index is 4.17. The molecule has 0 aliphatic rings. The van der Waals surface area contributed by atoms with Crippen LogP contribution in [-0.2, 0) is 14.3 Å². The Morgan fingerprint density at radius 1 is 1.36 bits per heavy atom. The van der Waals surface area contributed by atoms with Crippen LogP contribution in [0.1, 0.15) is 27.7 Å². The fraction of sp³-hybridized carbons (Fsp3) is 1.00. The van der Waals surface area contributed by atoms with Gasteiger partial charge in [0.2, 0.25) is 0 Å². The first-order valence-electron chi connectivity index (χ1n) is 4.64. The molecular formula is C9H21NO3S. The molecule has 0 heterocycles. The van der Waals surface area contributed by atoms with Crippen LogP contribution in [0.25, 0.3) is 0 Å². The summed E-state index contributed by atoms with van der Waals surface area (Å²) in [6.45, 7) is 8.25. The molecule has 0 saturated heterocycles. The van der Waals surface area contributed by atoms with Crippen LogP contribution in [0.4, 0.5) is 0 Å². The van der Waals surface area contributed by atoms with Crippen molar-refractivity contribution < 1.29 is 12.6 Å². The third-order valence-corrected chi connectivity index (χ3v) is 3.05. The number of rotatable bonds is 4. The molecule has 14 heavy (non-hydrogen) atoms. The predicted octanol–water partition coefficient (Wildman–Crippen LogP) is 0.972. The maximum absolute atomic E-state index is 10.7. The van der Waals surface area contributed by atoms with Gasteiger partial charge in [0.25, 0.3) is 10.1 Å². The van der Waals surface area contributed by atoms with E-state index >= 15 is 0 Å². The summed E-state index contributed by atoms with van der Waals surface area (Å²) in [5.41, 5.74) is 5.88. The van der Waals surface area contributed by atoms with Gasteiger partial charge in [-0.25, -0.2) is 0 Å². The van der Waals surface area contributed by atoms with E-state index in [1.54, 1.807) is 0 Å². The van der Waals surface area contributed by atoms with E-state index in [2.05, 4.69) is 25.0 Å². The average molecular weight is 223 g/mol. The average Bonchev–Trinajstić information content (AvgIpc) is 1.95. The lowest BCUT2D eigenvalue weighted by Gasteiger charge is -2.31. The minimum atomic E-state index is -3.38. The van der Waals surface area contributed by atoms with Crippen molar-refractivity contribution in [2.24, 2.45) is 17.1 Å². The van der Waals surface area contributed by atoms with E-state index in [0.29, 0.717) is 0 Å². The van der Waals surface area contributed by atoms with Crippen molar-refractivity contribution in [2.75, 3.05) is 12.9 Å². The summed E-state index contributed by atoms with van der Waals surface area (Å²) < 4.78 is 26.1. The Bertz CT molecular complexity index is 266. The molecule has 0 aromatic carbocycles. The van der Waals surface area contributed by atoms with Crippen LogP contribution < -0.4 is 5.73 Å². The fourth-order valence-corrected chi connectivity index (χ4v) is 1.39. The molecule has 2 atom stereocenters. The molecule has 0 unspecified atom stereocenters. The van der Waals surface area contributed by atoms with Gasteiger partial charge < -0.3 is 5.73 Å². The van der Waals surface area contributed by atoms with Crippen molar-refractivity contribution in [2.45, 2.75) is 33.7 Å². The van der Waals surface area contributed by atoms with Gasteiger partial charge in [-0.2, -0.15) is 8.42 Å². The summed E-state index contributed by atoms with van der Waals surface area (Å²) in [7, 11) is -3.38. The van der Waals surface area contributed by atoms with Crippen molar-refractivity contribution in [1.29, 1.82) is 0 Å². The van der Waals surface area contributed by atoms with Gasteiger partial charge in [-0.1, -0.05) is 27.7 Å². The summed E-state index contributed by atoms with van der Waals surface area (Å²) in [5.74, 6) is 0.198. The maximum atomic E-state index is 10.7. The Hall–Kier alpha value is -0.130. The highest BCUT2D eigenvalue weighted by Gasteiger charge is 2.26. The van der Waals surface area contributed by atoms with E-state index in [1.807, 2.05) is 6.92 Å². The second-order valence-electron chi connectivity index (χ2n) is 4.81. The molecule has 2 N–H and O–H groups in total. The molecule has 0 aliphatic carbocycles. The zero-order valence-electron chi connectivity index (χ0n) is 9.57. The van der Waals surface area contributed by atoms with Gasteiger partial charge in [-0.05, 0) is 11.3 Å². The number of nitrogens with two attached hydrogens (primary N) is 1. The van der Waals surface area contributed by atoms with Crippen LogP contribution in [0.5, 0.6) is 0 Å². The first-order chi connectivity index (χ1) is 6.04. The molecule has 0 fully saturated rings. The van der Waals surface area contributed by atoms with Gasteiger partial charge >= 0.3 is 0 Å². The van der Waals surface area contributed by atoms with E-state index in [9.17, 15) is 8.42 Å². The normalized spacial score (nSPS) is 17.9. The summed E-state index contributed by atoms with van der Waals surface area (Å²) in [5, 5.41) is 0. The highest BCUT2D eigenvalue weighted by atomic mass is 32.2. The quantitative estimate of drug-likeness (QED) is 0.721. The molecule has 0 aliphatic heterocycles. The van der Waals surface area contributed by atoms with Crippen LogP contribution >= 0.6 is 0 Å². The molecule has 0 amide bonds. The lowest BCUT2D eigenvalue weighted by atomic mass is 9.78. The van der Waals surface area contributed by atoms with E-state index < -0.39 is 10.1 Å². The molecule has 0 rings (SSSR count). The Labute approximate surface area is 86.9 Å². The molecular weight excluding hydrogens is 202 g/mol. The highest BCUT2D eigenvalue weighted by Crippen LogP contribution is 2.27. The van der Waals surface area contributed by atoms with Crippen molar-refractivity contribution in [1.82, 2.24) is 0 Å². The summed E-state index contributed by atoms with van der Waals surface area (Å²) in [4.78, 5) is 0. The SMILES string of the molecule is C[C@@H]([C@@H](N)COS(C)(=O)=O)C(C)(C)C. The van der Waals surface area contributed by atoms with E-state index in [-0.39, 0.29) is 24.0 Å². The number of hydrogen-bond donors (Lipinski definition) is 1. The lowest BCUT2D eigenvalue weighted by molar-refractivity contribution is 0.173. The third-order valence-electron chi connectivity index (χ3n) is 2.48. The molecule has 5 heteroatoms. The van der Waals surface area contributed by atoms with Crippen molar-refractivity contribution in [3.63, 3.8) is 0 Å².